The third-order valence-corrected chi connectivity index (χ3v) is 4.02. The second-order valence-corrected chi connectivity index (χ2v) is 5.56. The number of nitrogens with zero attached hydrogens (tertiary/aromatic N) is 3. The zero-order chi connectivity index (χ0) is 16.9. The number of pyridine rings is 1. The van der Waals surface area contributed by atoms with Crippen molar-refractivity contribution in [3.8, 4) is 0 Å². The van der Waals surface area contributed by atoms with Crippen molar-refractivity contribution in [3.05, 3.63) is 51.7 Å². The summed E-state index contributed by atoms with van der Waals surface area (Å²) in [6.07, 6.45) is 2.73. The van der Waals surface area contributed by atoms with E-state index in [1.807, 2.05) is 14.1 Å². The molecule has 3 aromatic rings. The Bertz CT molecular complexity index is 1080. The van der Waals surface area contributed by atoms with Crippen molar-refractivity contribution in [2.24, 2.45) is 0 Å². The normalized spacial score (nSPS) is 11.0. The first kappa shape index (κ1) is 14.8. The maximum absolute atomic E-state index is 13.2. The van der Waals surface area contributed by atoms with Gasteiger partial charge in [-0.15, -0.1) is 0 Å². The molecule has 23 heavy (non-hydrogen) atoms. The minimum Gasteiger partial charge on any atom is -0.398 e. The Morgan fingerprint density at radius 2 is 2.13 bits per heavy atom. The monoisotopic (exact) mass is 307 g/mol. The number of nitrogens with one attached hydrogen (secondary N) is 1. The minimum atomic E-state index is -0.220. The maximum Gasteiger partial charge on any atom is 0.200 e. The molecule has 0 aliphatic heterocycles. The van der Waals surface area contributed by atoms with Crippen molar-refractivity contribution in [2.45, 2.75) is 0 Å². The Labute approximate surface area is 132 Å². The van der Waals surface area contributed by atoms with Crippen LogP contribution in [0, 0.1) is 5.41 Å². The van der Waals surface area contributed by atoms with Gasteiger partial charge in [-0.05, 0) is 12.1 Å². The summed E-state index contributed by atoms with van der Waals surface area (Å²) in [7, 11) is 3.64. The predicted octanol–water partition coefficient (Wildman–Crippen LogP) is 1.09. The van der Waals surface area contributed by atoms with E-state index in [1.165, 1.54) is 0 Å². The van der Waals surface area contributed by atoms with Crippen LogP contribution < -0.4 is 16.5 Å². The summed E-state index contributed by atoms with van der Waals surface area (Å²) in [5, 5.41) is 8.53. The van der Waals surface area contributed by atoms with E-state index >= 15 is 0 Å². The van der Waals surface area contributed by atoms with Crippen molar-refractivity contribution < 1.29 is 0 Å². The lowest BCUT2D eigenvalue weighted by atomic mass is 10.0. The number of imidazole rings is 1. The van der Waals surface area contributed by atoms with Crippen LogP contribution in [0.1, 0.15) is 11.1 Å². The number of rotatable bonds is 3. The highest BCUT2D eigenvalue weighted by atomic mass is 16.1. The molecule has 3 rings (SSSR count). The number of fused-ring (bicyclic) bond motifs is 3. The Morgan fingerprint density at radius 3 is 2.74 bits per heavy atom. The van der Waals surface area contributed by atoms with Crippen LogP contribution in [0.3, 0.4) is 0 Å². The molecule has 0 atom stereocenters. The van der Waals surface area contributed by atoms with Gasteiger partial charge in [0, 0.05) is 37.3 Å². The molecule has 0 spiro atoms. The molecule has 6 heteroatoms. The smallest absolute Gasteiger partial charge is 0.200 e. The fourth-order valence-corrected chi connectivity index (χ4v) is 2.78. The van der Waals surface area contributed by atoms with E-state index in [2.05, 4.69) is 18.1 Å². The lowest BCUT2D eigenvalue weighted by Gasteiger charge is -2.18. The quantitative estimate of drug-likeness (QED) is 0.560. The van der Waals surface area contributed by atoms with Crippen LogP contribution >= 0.6 is 0 Å². The molecular formula is C17H17N5O. The number of hydrogen-bond donors (Lipinski definition) is 2. The SMILES string of the molecule is C=C(c1c(=O)c2c(C=N)c(N)ccc2n2cnc(=C)c12)N(C)C. The largest absolute Gasteiger partial charge is 0.398 e. The molecule has 0 aliphatic carbocycles. The van der Waals surface area contributed by atoms with Gasteiger partial charge in [-0.1, -0.05) is 13.2 Å². The number of anilines is 1. The van der Waals surface area contributed by atoms with E-state index in [9.17, 15) is 4.79 Å². The minimum absolute atomic E-state index is 0.220. The molecule has 0 aliphatic rings. The summed E-state index contributed by atoms with van der Waals surface area (Å²) in [6, 6.07) is 3.44. The Morgan fingerprint density at radius 1 is 1.43 bits per heavy atom. The molecule has 0 fully saturated rings. The van der Waals surface area contributed by atoms with Crippen LogP contribution in [0.15, 0.2) is 29.8 Å². The van der Waals surface area contributed by atoms with Crippen LogP contribution in [0.25, 0.3) is 28.7 Å². The van der Waals surface area contributed by atoms with E-state index in [4.69, 9.17) is 11.1 Å². The summed E-state index contributed by atoms with van der Waals surface area (Å²) >= 11 is 0. The lowest BCUT2D eigenvalue weighted by Crippen LogP contribution is -2.22. The van der Waals surface area contributed by atoms with E-state index in [1.54, 1.807) is 27.8 Å². The van der Waals surface area contributed by atoms with Crippen LogP contribution in [0.4, 0.5) is 5.69 Å². The fraction of sp³-hybridized carbons (Fsp3) is 0.118. The molecule has 0 saturated heterocycles. The number of benzene rings is 1. The molecule has 3 N–H and O–H groups in total. The summed E-state index contributed by atoms with van der Waals surface area (Å²) < 4.78 is 1.80. The van der Waals surface area contributed by atoms with Gasteiger partial charge >= 0.3 is 0 Å². The van der Waals surface area contributed by atoms with Gasteiger partial charge in [0.25, 0.3) is 0 Å². The summed E-state index contributed by atoms with van der Waals surface area (Å²) in [4.78, 5) is 19.2. The highest BCUT2D eigenvalue weighted by Crippen LogP contribution is 2.25. The summed E-state index contributed by atoms with van der Waals surface area (Å²) in [5.41, 5.74) is 8.78. The van der Waals surface area contributed by atoms with Crippen LogP contribution in [0.2, 0.25) is 0 Å². The van der Waals surface area contributed by atoms with Crippen molar-refractivity contribution in [1.82, 2.24) is 14.3 Å². The third-order valence-electron chi connectivity index (χ3n) is 4.02. The molecule has 6 nitrogen and oxygen atoms in total. The topological polar surface area (TPSA) is 87.5 Å². The van der Waals surface area contributed by atoms with Gasteiger partial charge in [-0.2, -0.15) is 0 Å². The Balaban J connectivity index is 2.70. The average Bonchev–Trinajstić information content (AvgIpc) is 2.89. The first-order chi connectivity index (χ1) is 10.9. The van der Waals surface area contributed by atoms with E-state index in [0.29, 0.717) is 44.3 Å². The number of hydrogen-bond acceptors (Lipinski definition) is 5. The van der Waals surface area contributed by atoms with Gasteiger partial charge in [-0.25, -0.2) is 4.98 Å². The molecule has 2 heterocycles. The van der Waals surface area contributed by atoms with Crippen molar-refractivity contribution in [1.29, 1.82) is 5.41 Å². The Kier molecular flexibility index (Phi) is 3.18. The zero-order valence-electron chi connectivity index (χ0n) is 13.1. The first-order valence-electron chi connectivity index (χ1n) is 6.99. The molecule has 0 bridgehead atoms. The lowest BCUT2D eigenvalue weighted by molar-refractivity contribution is 0.593. The molecule has 1 aromatic carbocycles. The van der Waals surface area contributed by atoms with Crippen molar-refractivity contribution >= 4 is 40.6 Å². The molecular weight excluding hydrogens is 290 g/mol. The van der Waals surface area contributed by atoms with Gasteiger partial charge < -0.3 is 16.0 Å². The van der Waals surface area contributed by atoms with Gasteiger partial charge in [0.2, 0.25) is 0 Å². The Hall–Kier alpha value is -3.15. The van der Waals surface area contributed by atoms with Crippen LogP contribution in [0.5, 0.6) is 0 Å². The molecule has 0 saturated carbocycles. The molecule has 0 amide bonds. The van der Waals surface area contributed by atoms with E-state index in [0.717, 1.165) is 6.21 Å². The van der Waals surface area contributed by atoms with Crippen LogP contribution in [-0.4, -0.2) is 34.6 Å². The molecule has 0 unspecified atom stereocenters. The maximum atomic E-state index is 13.2. The molecule has 116 valence electrons. The third kappa shape index (κ3) is 1.92. The predicted molar refractivity (Wildman–Crippen MR) is 94.7 cm³/mol. The van der Waals surface area contributed by atoms with E-state index in [-0.39, 0.29) is 5.43 Å². The van der Waals surface area contributed by atoms with Crippen molar-refractivity contribution in [3.63, 3.8) is 0 Å². The molecule has 0 radical (unpaired) electrons. The summed E-state index contributed by atoms with van der Waals surface area (Å²) in [5.74, 6) is 0. The average molecular weight is 307 g/mol. The van der Waals surface area contributed by atoms with Gasteiger partial charge in [-0.3, -0.25) is 9.20 Å². The van der Waals surface area contributed by atoms with E-state index < -0.39 is 0 Å². The second kappa shape index (κ2) is 4.95. The fourth-order valence-electron chi connectivity index (χ4n) is 2.78. The highest BCUT2D eigenvalue weighted by molar-refractivity contribution is 6.04. The summed E-state index contributed by atoms with van der Waals surface area (Å²) in [6.45, 7) is 7.93. The zero-order valence-corrected chi connectivity index (χ0v) is 13.1. The number of nitrogen functional groups attached to an aromatic ring is 1. The highest BCUT2D eigenvalue weighted by Gasteiger charge is 2.20. The van der Waals surface area contributed by atoms with Gasteiger partial charge in [0.05, 0.1) is 27.3 Å². The number of nitrogens with two attached hydrogens (primary N) is 1. The second-order valence-electron chi connectivity index (χ2n) is 5.56. The van der Waals surface area contributed by atoms with Crippen LogP contribution in [-0.2, 0) is 0 Å². The molecule has 2 aromatic heterocycles. The number of aromatic nitrogens is 2. The van der Waals surface area contributed by atoms with Gasteiger partial charge in [0.15, 0.2) is 5.43 Å². The first-order valence-corrected chi connectivity index (χ1v) is 6.99. The standard InChI is InChI=1S/C17H17N5O/c1-9-16-14(10(2)21(3)4)17(23)15-11(7-18)12(19)5-6-13(15)22(16)8-20-9/h5-8,18H,1-2,19H2,3-4H3. The van der Waals surface area contributed by atoms with Crippen molar-refractivity contribution in [2.75, 3.05) is 19.8 Å². The van der Waals surface area contributed by atoms with Gasteiger partial charge in [0.1, 0.15) is 6.33 Å².